The van der Waals surface area contributed by atoms with Crippen LogP contribution in [0.25, 0.3) is 0 Å². The predicted molar refractivity (Wildman–Crippen MR) is 72.4 cm³/mol. The Morgan fingerprint density at radius 3 is 2.31 bits per heavy atom. The molecule has 1 saturated carbocycles. The summed E-state index contributed by atoms with van der Waals surface area (Å²) in [5.74, 6) is 1.61. The Labute approximate surface area is 102 Å². The molecule has 2 atom stereocenters. The molecule has 0 aliphatic heterocycles. The summed E-state index contributed by atoms with van der Waals surface area (Å²) in [6.45, 7) is 9.42. The topological polar surface area (TPSA) is 26.0 Å². The average molecular weight is 225 g/mol. The van der Waals surface area contributed by atoms with E-state index in [2.05, 4.69) is 27.7 Å². The molecule has 0 saturated heterocycles. The van der Waals surface area contributed by atoms with Gasteiger partial charge in [0, 0.05) is 6.04 Å². The summed E-state index contributed by atoms with van der Waals surface area (Å²) in [4.78, 5) is 0. The number of rotatable bonds is 5. The van der Waals surface area contributed by atoms with Crippen LogP contribution in [0.15, 0.2) is 0 Å². The molecule has 96 valence electrons. The van der Waals surface area contributed by atoms with E-state index >= 15 is 0 Å². The van der Waals surface area contributed by atoms with Crippen molar-refractivity contribution in [1.29, 1.82) is 0 Å². The van der Waals surface area contributed by atoms with E-state index < -0.39 is 0 Å². The zero-order valence-corrected chi connectivity index (χ0v) is 11.8. The molecular weight excluding hydrogens is 194 g/mol. The van der Waals surface area contributed by atoms with Gasteiger partial charge >= 0.3 is 0 Å². The minimum Gasteiger partial charge on any atom is -0.327 e. The normalized spacial score (nSPS) is 25.3. The van der Waals surface area contributed by atoms with E-state index in [9.17, 15) is 0 Å². The van der Waals surface area contributed by atoms with Gasteiger partial charge in [-0.3, -0.25) is 0 Å². The Hall–Kier alpha value is -0.0400. The van der Waals surface area contributed by atoms with Gasteiger partial charge in [-0.15, -0.1) is 0 Å². The second kappa shape index (κ2) is 6.05. The van der Waals surface area contributed by atoms with Gasteiger partial charge in [0.05, 0.1) is 0 Å². The highest BCUT2D eigenvalue weighted by Crippen LogP contribution is 2.39. The SMILES string of the molecule is CCCC(C)CC(N)C1CCC(C)(C)CC1. The smallest absolute Gasteiger partial charge is 0.00697 e. The fraction of sp³-hybridized carbons (Fsp3) is 1.00. The molecule has 0 aromatic rings. The van der Waals surface area contributed by atoms with Crippen LogP contribution in [-0.4, -0.2) is 6.04 Å². The zero-order valence-electron chi connectivity index (χ0n) is 11.8. The van der Waals surface area contributed by atoms with E-state index in [0.717, 1.165) is 11.8 Å². The Balaban J connectivity index is 2.30. The van der Waals surface area contributed by atoms with Gasteiger partial charge in [0.1, 0.15) is 0 Å². The van der Waals surface area contributed by atoms with E-state index in [1.165, 1.54) is 44.9 Å². The molecule has 1 nitrogen and oxygen atoms in total. The van der Waals surface area contributed by atoms with Crippen molar-refractivity contribution in [3.8, 4) is 0 Å². The van der Waals surface area contributed by atoms with Gasteiger partial charge in [-0.1, -0.05) is 40.5 Å². The van der Waals surface area contributed by atoms with Crippen molar-refractivity contribution in [2.45, 2.75) is 78.7 Å². The first-order valence-corrected chi connectivity index (χ1v) is 7.20. The van der Waals surface area contributed by atoms with Gasteiger partial charge in [0.25, 0.3) is 0 Å². The molecule has 0 aromatic carbocycles. The second-order valence-electron chi connectivity index (χ2n) is 6.80. The number of nitrogens with two attached hydrogens (primary N) is 1. The molecule has 1 aliphatic rings. The Kier molecular flexibility index (Phi) is 5.30. The van der Waals surface area contributed by atoms with E-state index in [1.54, 1.807) is 0 Å². The van der Waals surface area contributed by atoms with Crippen LogP contribution >= 0.6 is 0 Å². The third-order valence-corrected chi connectivity index (χ3v) is 4.45. The first-order chi connectivity index (χ1) is 7.44. The second-order valence-corrected chi connectivity index (χ2v) is 6.80. The molecule has 0 bridgehead atoms. The summed E-state index contributed by atoms with van der Waals surface area (Å²) in [7, 11) is 0. The maximum Gasteiger partial charge on any atom is 0.00697 e. The summed E-state index contributed by atoms with van der Waals surface area (Å²) in [5, 5.41) is 0. The maximum atomic E-state index is 6.37. The Bertz CT molecular complexity index is 188. The molecule has 1 heteroatoms. The van der Waals surface area contributed by atoms with Crippen LogP contribution in [0.2, 0.25) is 0 Å². The van der Waals surface area contributed by atoms with Gasteiger partial charge in [-0.25, -0.2) is 0 Å². The standard InChI is InChI=1S/C15H31N/c1-5-6-12(2)11-14(16)13-7-9-15(3,4)10-8-13/h12-14H,5-11,16H2,1-4H3. The van der Waals surface area contributed by atoms with Gasteiger partial charge in [-0.2, -0.15) is 0 Å². The van der Waals surface area contributed by atoms with Crippen LogP contribution in [0.5, 0.6) is 0 Å². The summed E-state index contributed by atoms with van der Waals surface area (Å²) < 4.78 is 0. The van der Waals surface area contributed by atoms with Crippen LogP contribution in [0.3, 0.4) is 0 Å². The van der Waals surface area contributed by atoms with Gasteiger partial charge < -0.3 is 5.73 Å². The van der Waals surface area contributed by atoms with Crippen molar-refractivity contribution in [1.82, 2.24) is 0 Å². The fourth-order valence-electron chi connectivity index (χ4n) is 3.12. The Morgan fingerprint density at radius 2 is 1.81 bits per heavy atom. The molecule has 2 N–H and O–H groups in total. The quantitative estimate of drug-likeness (QED) is 0.739. The van der Waals surface area contributed by atoms with Crippen LogP contribution in [-0.2, 0) is 0 Å². The van der Waals surface area contributed by atoms with Crippen LogP contribution < -0.4 is 5.73 Å². The first-order valence-electron chi connectivity index (χ1n) is 7.20. The van der Waals surface area contributed by atoms with Crippen molar-refractivity contribution < 1.29 is 0 Å². The molecule has 1 fully saturated rings. The average Bonchev–Trinajstić information content (AvgIpc) is 2.17. The highest BCUT2D eigenvalue weighted by molar-refractivity contribution is 4.84. The third kappa shape index (κ3) is 4.45. The number of hydrogen-bond donors (Lipinski definition) is 1. The summed E-state index contributed by atoms with van der Waals surface area (Å²) in [6, 6.07) is 0.456. The van der Waals surface area contributed by atoms with Gasteiger partial charge in [0.15, 0.2) is 0 Å². The third-order valence-electron chi connectivity index (χ3n) is 4.45. The molecule has 0 amide bonds. The lowest BCUT2D eigenvalue weighted by molar-refractivity contribution is 0.164. The summed E-state index contributed by atoms with van der Waals surface area (Å²) in [6.07, 6.45) is 9.32. The van der Waals surface area contributed by atoms with Crippen molar-refractivity contribution in [2.24, 2.45) is 23.0 Å². The van der Waals surface area contributed by atoms with E-state index in [1.807, 2.05) is 0 Å². The van der Waals surface area contributed by atoms with E-state index in [-0.39, 0.29) is 0 Å². The molecule has 16 heavy (non-hydrogen) atoms. The highest BCUT2D eigenvalue weighted by atomic mass is 14.7. The van der Waals surface area contributed by atoms with Crippen LogP contribution in [0.4, 0.5) is 0 Å². The van der Waals surface area contributed by atoms with Gasteiger partial charge in [0.2, 0.25) is 0 Å². The molecule has 0 aromatic heterocycles. The van der Waals surface area contributed by atoms with Gasteiger partial charge in [-0.05, 0) is 49.4 Å². The molecule has 0 radical (unpaired) electrons. The predicted octanol–water partition coefficient (Wildman–Crippen LogP) is 4.36. The highest BCUT2D eigenvalue weighted by Gasteiger charge is 2.30. The van der Waals surface area contributed by atoms with Crippen LogP contribution in [0, 0.1) is 17.3 Å². The summed E-state index contributed by atoms with van der Waals surface area (Å²) in [5.41, 5.74) is 6.94. The molecule has 1 aliphatic carbocycles. The largest absolute Gasteiger partial charge is 0.327 e. The minimum atomic E-state index is 0.456. The first kappa shape index (κ1) is 14.0. The summed E-state index contributed by atoms with van der Waals surface area (Å²) >= 11 is 0. The molecule has 0 spiro atoms. The van der Waals surface area contributed by atoms with Crippen molar-refractivity contribution in [2.75, 3.05) is 0 Å². The lowest BCUT2D eigenvalue weighted by atomic mass is 9.70. The van der Waals surface area contributed by atoms with Crippen molar-refractivity contribution in [3.05, 3.63) is 0 Å². The van der Waals surface area contributed by atoms with E-state index in [4.69, 9.17) is 5.73 Å². The molecule has 1 rings (SSSR count). The molecule has 2 unspecified atom stereocenters. The molecule has 0 heterocycles. The number of hydrogen-bond acceptors (Lipinski definition) is 1. The zero-order chi connectivity index (χ0) is 12.2. The minimum absolute atomic E-state index is 0.456. The van der Waals surface area contributed by atoms with Crippen molar-refractivity contribution in [3.63, 3.8) is 0 Å². The van der Waals surface area contributed by atoms with Crippen molar-refractivity contribution >= 4 is 0 Å². The molecular formula is C15H31N. The van der Waals surface area contributed by atoms with Crippen LogP contribution in [0.1, 0.15) is 72.6 Å². The fourth-order valence-corrected chi connectivity index (χ4v) is 3.12. The lowest BCUT2D eigenvalue weighted by Crippen LogP contribution is -2.36. The monoisotopic (exact) mass is 225 g/mol. The lowest BCUT2D eigenvalue weighted by Gasteiger charge is -2.37. The van der Waals surface area contributed by atoms with E-state index in [0.29, 0.717) is 11.5 Å². The Morgan fingerprint density at radius 1 is 1.25 bits per heavy atom. The maximum absolute atomic E-state index is 6.37.